The molecule has 0 amide bonds. The van der Waals surface area contributed by atoms with E-state index in [1.54, 1.807) is 22.9 Å². The van der Waals surface area contributed by atoms with Gasteiger partial charge < -0.3 is 5.11 Å². The van der Waals surface area contributed by atoms with Crippen molar-refractivity contribution in [1.29, 1.82) is 0 Å². The van der Waals surface area contributed by atoms with Gasteiger partial charge in [0.05, 0.1) is 25.9 Å². The lowest BCUT2D eigenvalue weighted by Gasteiger charge is -2.21. The van der Waals surface area contributed by atoms with Crippen molar-refractivity contribution in [2.75, 3.05) is 0 Å². The molecular formula is C14H13BrCl2N2O2. The second kappa shape index (κ2) is 5.63. The summed E-state index contributed by atoms with van der Waals surface area (Å²) in [5.41, 5.74) is 1.05. The Hall–Kier alpha value is -1.04. The molecular weight excluding hydrogens is 379 g/mol. The van der Waals surface area contributed by atoms with Gasteiger partial charge in [-0.05, 0) is 34.1 Å². The molecule has 4 nitrogen and oxygen atoms in total. The predicted molar refractivity (Wildman–Crippen MR) is 86.9 cm³/mol. The summed E-state index contributed by atoms with van der Waals surface area (Å²) in [5, 5.41) is 14.3. The first-order chi connectivity index (χ1) is 9.62. The van der Waals surface area contributed by atoms with E-state index in [0.29, 0.717) is 20.2 Å². The molecule has 0 saturated carbocycles. The number of aromatic carboxylic acids is 1. The first-order valence-corrected chi connectivity index (χ1v) is 7.65. The van der Waals surface area contributed by atoms with Crippen LogP contribution in [0.4, 0.5) is 0 Å². The number of carbonyl (C=O) groups is 1. The van der Waals surface area contributed by atoms with Crippen LogP contribution in [-0.4, -0.2) is 20.9 Å². The van der Waals surface area contributed by atoms with Crippen LogP contribution >= 0.6 is 39.1 Å². The van der Waals surface area contributed by atoms with Crippen LogP contribution in [0.5, 0.6) is 0 Å². The fourth-order valence-electron chi connectivity index (χ4n) is 1.99. The quantitative estimate of drug-likeness (QED) is 0.788. The number of hydrogen-bond donors (Lipinski definition) is 1. The average Bonchev–Trinajstić information content (AvgIpc) is 2.70. The third-order valence-electron chi connectivity index (χ3n) is 2.89. The standard InChI is InChI=1S/C14H13BrCl2N2O2/c1-14(2,3)12-10(15)11(13(20)21)18-19(12)7-4-5-8(16)9(17)6-7/h4-6H,1-3H3,(H,20,21). The number of rotatable bonds is 2. The molecule has 21 heavy (non-hydrogen) atoms. The maximum absolute atomic E-state index is 11.3. The largest absolute Gasteiger partial charge is 0.476 e. The van der Waals surface area contributed by atoms with Crippen molar-refractivity contribution in [1.82, 2.24) is 9.78 Å². The Bertz CT molecular complexity index is 720. The number of hydrogen-bond acceptors (Lipinski definition) is 2. The summed E-state index contributed by atoms with van der Waals surface area (Å²) in [5.74, 6) is -1.09. The summed E-state index contributed by atoms with van der Waals surface area (Å²) < 4.78 is 2.05. The minimum Gasteiger partial charge on any atom is -0.476 e. The molecule has 112 valence electrons. The molecule has 7 heteroatoms. The van der Waals surface area contributed by atoms with E-state index in [0.717, 1.165) is 5.69 Å². The Labute approximate surface area is 140 Å². The molecule has 1 heterocycles. The number of aromatic nitrogens is 2. The van der Waals surface area contributed by atoms with E-state index in [1.165, 1.54) is 0 Å². The van der Waals surface area contributed by atoms with E-state index in [2.05, 4.69) is 21.0 Å². The van der Waals surface area contributed by atoms with Gasteiger partial charge in [-0.15, -0.1) is 0 Å². The smallest absolute Gasteiger partial charge is 0.357 e. The molecule has 2 aromatic rings. The van der Waals surface area contributed by atoms with Crippen LogP contribution in [0.15, 0.2) is 22.7 Å². The maximum atomic E-state index is 11.3. The lowest BCUT2D eigenvalue weighted by molar-refractivity contribution is 0.0689. The number of benzene rings is 1. The van der Waals surface area contributed by atoms with Crippen molar-refractivity contribution in [3.63, 3.8) is 0 Å². The summed E-state index contributed by atoms with van der Waals surface area (Å²) in [7, 11) is 0. The molecule has 0 radical (unpaired) electrons. The lowest BCUT2D eigenvalue weighted by Crippen LogP contribution is -2.18. The van der Waals surface area contributed by atoms with E-state index < -0.39 is 5.97 Å². The third kappa shape index (κ3) is 3.10. The van der Waals surface area contributed by atoms with Crippen LogP contribution in [0.2, 0.25) is 10.0 Å². The van der Waals surface area contributed by atoms with Crippen molar-refractivity contribution in [2.45, 2.75) is 26.2 Å². The van der Waals surface area contributed by atoms with Crippen LogP contribution in [-0.2, 0) is 5.41 Å². The Morgan fingerprint density at radius 2 is 1.90 bits per heavy atom. The van der Waals surface area contributed by atoms with Gasteiger partial charge in [0.1, 0.15) is 0 Å². The Morgan fingerprint density at radius 1 is 1.29 bits per heavy atom. The summed E-state index contributed by atoms with van der Waals surface area (Å²) in [6.45, 7) is 5.94. The molecule has 1 aromatic heterocycles. The highest BCUT2D eigenvalue weighted by Gasteiger charge is 2.29. The molecule has 0 aliphatic heterocycles. The topological polar surface area (TPSA) is 55.1 Å². The van der Waals surface area contributed by atoms with Gasteiger partial charge in [-0.3, -0.25) is 0 Å². The Kier molecular flexibility index (Phi) is 4.38. The minimum absolute atomic E-state index is 0.0361. The lowest BCUT2D eigenvalue weighted by atomic mass is 9.91. The Balaban J connectivity index is 2.75. The summed E-state index contributed by atoms with van der Waals surface area (Å²) >= 11 is 15.3. The highest BCUT2D eigenvalue weighted by molar-refractivity contribution is 9.10. The molecule has 0 fully saturated rings. The zero-order chi connectivity index (χ0) is 15.9. The summed E-state index contributed by atoms with van der Waals surface area (Å²) in [6.07, 6.45) is 0. The van der Waals surface area contributed by atoms with Crippen LogP contribution < -0.4 is 0 Å². The highest BCUT2D eigenvalue weighted by atomic mass is 79.9. The van der Waals surface area contributed by atoms with Gasteiger partial charge in [0.25, 0.3) is 0 Å². The number of nitrogens with zero attached hydrogens (tertiary/aromatic N) is 2. The van der Waals surface area contributed by atoms with Crippen molar-refractivity contribution in [3.8, 4) is 5.69 Å². The first-order valence-electron chi connectivity index (χ1n) is 6.10. The number of carboxylic acids is 1. The van der Waals surface area contributed by atoms with Crippen LogP contribution in [0.3, 0.4) is 0 Å². The second-order valence-corrected chi connectivity index (χ2v) is 7.18. The van der Waals surface area contributed by atoms with Crippen molar-refractivity contribution >= 4 is 45.1 Å². The van der Waals surface area contributed by atoms with Crippen molar-refractivity contribution in [2.24, 2.45) is 0 Å². The van der Waals surface area contributed by atoms with Gasteiger partial charge in [0.15, 0.2) is 5.69 Å². The van der Waals surface area contributed by atoms with E-state index in [1.807, 2.05) is 20.8 Å². The molecule has 1 N–H and O–H groups in total. The van der Waals surface area contributed by atoms with Crippen LogP contribution in [0.25, 0.3) is 5.69 Å². The number of carboxylic acid groups (broad SMARTS) is 1. The molecule has 0 aliphatic carbocycles. The van der Waals surface area contributed by atoms with Gasteiger partial charge in [-0.25, -0.2) is 9.48 Å². The molecule has 2 rings (SSSR count). The second-order valence-electron chi connectivity index (χ2n) is 5.58. The van der Waals surface area contributed by atoms with E-state index in [-0.39, 0.29) is 11.1 Å². The van der Waals surface area contributed by atoms with E-state index in [9.17, 15) is 9.90 Å². The van der Waals surface area contributed by atoms with E-state index in [4.69, 9.17) is 23.2 Å². The minimum atomic E-state index is -1.09. The molecule has 0 aliphatic rings. The SMILES string of the molecule is CC(C)(C)c1c(Br)c(C(=O)O)nn1-c1ccc(Cl)c(Cl)c1. The fourth-order valence-corrected chi connectivity index (χ4v) is 3.29. The van der Waals surface area contributed by atoms with Gasteiger partial charge in [0.2, 0.25) is 0 Å². The van der Waals surface area contributed by atoms with E-state index >= 15 is 0 Å². The molecule has 0 saturated heterocycles. The molecule has 0 spiro atoms. The third-order valence-corrected chi connectivity index (χ3v) is 4.38. The van der Waals surface area contributed by atoms with Gasteiger partial charge in [-0.1, -0.05) is 44.0 Å². The van der Waals surface area contributed by atoms with Crippen molar-refractivity contribution < 1.29 is 9.90 Å². The van der Waals surface area contributed by atoms with Crippen molar-refractivity contribution in [3.05, 3.63) is 44.1 Å². The monoisotopic (exact) mass is 390 g/mol. The van der Waals surface area contributed by atoms with Gasteiger partial charge in [0, 0.05) is 5.41 Å². The predicted octanol–water partition coefficient (Wildman–Crippen LogP) is 4.94. The fraction of sp³-hybridized carbons (Fsp3) is 0.286. The summed E-state index contributed by atoms with van der Waals surface area (Å²) in [4.78, 5) is 11.3. The zero-order valence-corrected chi connectivity index (χ0v) is 14.7. The zero-order valence-electron chi connectivity index (χ0n) is 11.6. The highest BCUT2D eigenvalue weighted by Crippen LogP contribution is 2.35. The maximum Gasteiger partial charge on any atom is 0.357 e. The molecule has 0 bridgehead atoms. The molecule has 0 unspecified atom stereocenters. The molecule has 0 atom stereocenters. The van der Waals surface area contributed by atoms with Gasteiger partial charge >= 0.3 is 5.97 Å². The normalized spacial score (nSPS) is 11.7. The van der Waals surface area contributed by atoms with Crippen LogP contribution in [0.1, 0.15) is 37.0 Å². The van der Waals surface area contributed by atoms with Crippen LogP contribution in [0, 0.1) is 0 Å². The van der Waals surface area contributed by atoms with Gasteiger partial charge in [-0.2, -0.15) is 5.10 Å². The average molecular weight is 392 g/mol. The number of halogens is 3. The first kappa shape index (κ1) is 16.3. The Morgan fingerprint density at radius 3 is 2.38 bits per heavy atom. The molecule has 1 aromatic carbocycles. The summed E-state index contributed by atoms with van der Waals surface area (Å²) in [6, 6.07) is 5.06.